The van der Waals surface area contributed by atoms with Gasteiger partial charge in [0.15, 0.2) is 0 Å². The Balaban J connectivity index is 1.08. The Kier molecular flexibility index (Phi) is 9.04. The highest BCUT2D eigenvalue weighted by Crippen LogP contribution is 2.31. The Morgan fingerprint density at radius 2 is 1.55 bits per heavy atom. The van der Waals surface area contributed by atoms with Gasteiger partial charge >= 0.3 is 12.1 Å². The van der Waals surface area contributed by atoms with Crippen LogP contribution in [0, 0.1) is 11.8 Å². The monoisotopic (exact) mass is 568 g/mol. The highest BCUT2D eigenvalue weighted by molar-refractivity contribution is 5.75. The van der Waals surface area contributed by atoms with Gasteiger partial charge in [0, 0.05) is 6.54 Å². The summed E-state index contributed by atoms with van der Waals surface area (Å²) in [4.78, 5) is 28.0. The molecular formula is C35H40N2O5. The number of hydrogen-bond donors (Lipinski definition) is 1. The van der Waals surface area contributed by atoms with Crippen LogP contribution in [0.4, 0.5) is 4.79 Å². The Hall–Kier alpha value is -3.84. The summed E-state index contributed by atoms with van der Waals surface area (Å²) in [5.41, 5.74) is 2.85. The molecule has 3 heterocycles. The zero-order valence-corrected chi connectivity index (χ0v) is 24.1. The van der Waals surface area contributed by atoms with E-state index in [0.717, 1.165) is 74.8 Å². The molecule has 4 aliphatic rings. The van der Waals surface area contributed by atoms with Gasteiger partial charge < -0.3 is 19.5 Å². The summed E-state index contributed by atoms with van der Waals surface area (Å²) in [5.74, 6) is 1.62. The predicted molar refractivity (Wildman–Crippen MR) is 160 cm³/mol. The summed E-state index contributed by atoms with van der Waals surface area (Å²) in [6, 6.07) is 24.9. The van der Waals surface area contributed by atoms with Crippen LogP contribution in [0.3, 0.4) is 0 Å². The third-order valence-corrected chi connectivity index (χ3v) is 8.93. The lowest BCUT2D eigenvalue weighted by molar-refractivity contribution is -0.139. The van der Waals surface area contributed by atoms with Crippen molar-refractivity contribution in [3.63, 3.8) is 0 Å². The summed E-state index contributed by atoms with van der Waals surface area (Å²) in [6.45, 7) is 3.39. The maximum Gasteiger partial charge on any atom is 0.408 e. The van der Waals surface area contributed by atoms with Gasteiger partial charge in [-0.2, -0.15) is 0 Å². The van der Waals surface area contributed by atoms with Gasteiger partial charge in [0.2, 0.25) is 0 Å². The second-order valence-electron chi connectivity index (χ2n) is 11.8. The van der Waals surface area contributed by atoms with Crippen LogP contribution in [0.15, 0.2) is 78.9 Å². The van der Waals surface area contributed by atoms with Gasteiger partial charge in [0.05, 0.1) is 12.0 Å². The minimum atomic E-state index is -0.391. The van der Waals surface area contributed by atoms with E-state index in [9.17, 15) is 9.59 Å². The van der Waals surface area contributed by atoms with Crippen LogP contribution in [-0.4, -0.2) is 42.7 Å². The quantitative estimate of drug-likeness (QED) is 0.230. The lowest BCUT2D eigenvalue weighted by atomic mass is 9.86. The van der Waals surface area contributed by atoms with Gasteiger partial charge in [-0.15, -0.1) is 0 Å². The van der Waals surface area contributed by atoms with Crippen molar-refractivity contribution >= 4 is 12.1 Å². The lowest BCUT2D eigenvalue weighted by Gasteiger charge is -2.43. The van der Waals surface area contributed by atoms with E-state index < -0.39 is 6.09 Å². The van der Waals surface area contributed by atoms with Gasteiger partial charge in [-0.3, -0.25) is 9.69 Å². The van der Waals surface area contributed by atoms with E-state index in [-0.39, 0.29) is 24.0 Å². The highest BCUT2D eigenvalue weighted by Gasteiger charge is 2.37. The van der Waals surface area contributed by atoms with Crippen LogP contribution in [0.2, 0.25) is 0 Å². The molecule has 1 saturated carbocycles. The van der Waals surface area contributed by atoms with E-state index in [4.69, 9.17) is 14.2 Å². The van der Waals surface area contributed by atoms with Gasteiger partial charge in [-0.05, 0) is 85.6 Å². The van der Waals surface area contributed by atoms with E-state index in [1.807, 2.05) is 78.9 Å². The summed E-state index contributed by atoms with van der Waals surface area (Å²) >= 11 is 0. The normalized spacial score (nSPS) is 22.6. The van der Waals surface area contributed by atoms with Crippen LogP contribution in [0.25, 0.3) is 0 Å². The molecular weight excluding hydrogens is 528 g/mol. The molecule has 3 saturated heterocycles. The zero-order chi connectivity index (χ0) is 28.7. The van der Waals surface area contributed by atoms with Crippen LogP contribution in [0.5, 0.6) is 11.5 Å². The molecule has 3 aromatic carbocycles. The number of carbonyl (C=O) groups excluding carboxylic acids is 2. The molecule has 7 nitrogen and oxygen atoms in total. The van der Waals surface area contributed by atoms with Crippen molar-refractivity contribution in [1.29, 1.82) is 0 Å². The fourth-order valence-electron chi connectivity index (χ4n) is 6.48. The average molecular weight is 569 g/mol. The molecule has 0 spiro atoms. The Bertz CT molecular complexity index is 1330. The molecule has 1 unspecified atom stereocenters. The maximum atomic E-state index is 13.1. The molecule has 4 fully saturated rings. The third kappa shape index (κ3) is 7.13. The lowest BCUT2D eigenvalue weighted by Crippen LogP contribution is -2.52. The van der Waals surface area contributed by atoms with Crippen molar-refractivity contribution in [3.05, 3.63) is 95.6 Å². The summed E-state index contributed by atoms with van der Waals surface area (Å²) < 4.78 is 17.7. The number of amides is 1. The van der Waals surface area contributed by atoms with Gasteiger partial charge in [0.1, 0.15) is 24.2 Å². The zero-order valence-electron chi connectivity index (χ0n) is 24.1. The fourth-order valence-corrected chi connectivity index (χ4v) is 6.48. The van der Waals surface area contributed by atoms with Crippen LogP contribution in [-0.2, 0) is 16.1 Å². The first kappa shape index (κ1) is 28.3. The number of alkyl carbamates (subject to hydrolysis) is 1. The molecule has 7 heteroatoms. The molecule has 2 atom stereocenters. The number of benzene rings is 3. The molecule has 2 bridgehead atoms. The molecule has 220 valence electrons. The second-order valence-corrected chi connectivity index (χ2v) is 11.8. The second kappa shape index (κ2) is 13.4. The molecule has 1 amide bonds. The molecule has 0 radical (unpaired) electrons. The molecule has 3 aromatic rings. The van der Waals surface area contributed by atoms with Gasteiger partial charge in [-0.1, -0.05) is 73.9 Å². The predicted octanol–water partition coefficient (Wildman–Crippen LogP) is 6.66. The van der Waals surface area contributed by atoms with Crippen molar-refractivity contribution in [1.82, 2.24) is 10.2 Å². The first-order valence-corrected chi connectivity index (χ1v) is 15.4. The SMILES string of the molecule is O=C(NC(c1ccccc1)c1cccc(OCc2ccc(OC(=O)C3CCCCC3)cc2)c1)O[C@H]1CN2CCC1CC2. The average Bonchev–Trinajstić information content (AvgIpc) is 3.05. The topological polar surface area (TPSA) is 77.1 Å². The van der Waals surface area contributed by atoms with Gasteiger partial charge in [-0.25, -0.2) is 4.79 Å². The summed E-state index contributed by atoms with van der Waals surface area (Å²) in [6.07, 6.45) is 6.99. The van der Waals surface area contributed by atoms with E-state index in [1.165, 1.54) is 6.42 Å². The van der Waals surface area contributed by atoms with Crippen molar-refractivity contribution in [2.75, 3.05) is 19.6 Å². The number of nitrogens with one attached hydrogen (secondary N) is 1. The van der Waals surface area contributed by atoms with Crippen molar-refractivity contribution in [2.24, 2.45) is 11.8 Å². The number of rotatable bonds is 9. The standard InChI is InChI=1S/C35H40N2O5/c38-34(28-10-5-2-6-11-28)41-30-16-14-25(15-17-30)24-40-31-13-7-12-29(22-31)33(27-8-3-1-4-9-27)36-35(39)42-32-23-37-20-18-26(32)19-21-37/h1,3-4,7-9,12-17,22,26,28,32-33H,2,5-6,10-11,18-21,23-24H2,(H,36,39)/t32-,33?/m0/s1. The molecule has 7 rings (SSSR count). The number of fused-ring (bicyclic) bond motifs is 3. The first-order valence-electron chi connectivity index (χ1n) is 15.4. The molecule has 3 aliphatic heterocycles. The number of esters is 1. The number of carbonyl (C=O) groups is 2. The van der Waals surface area contributed by atoms with E-state index in [1.54, 1.807) is 0 Å². The fraction of sp³-hybridized carbons (Fsp3) is 0.429. The van der Waals surface area contributed by atoms with Crippen molar-refractivity contribution < 1.29 is 23.8 Å². The number of ether oxygens (including phenoxy) is 3. The first-order chi connectivity index (χ1) is 20.6. The van der Waals surface area contributed by atoms with Crippen molar-refractivity contribution in [2.45, 2.75) is 63.7 Å². The minimum Gasteiger partial charge on any atom is -0.489 e. The highest BCUT2D eigenvalue weighted by atomic mass is 16.6. The van der Waals surface area contributed by atoms with Gasteiger partial charge in [0.25, 0.3) is 0 Å². The smallest absolute Gasteiger partial charge is 0.408 e. The minimum absolute atomic E-state index is 0.0189. The van der Waals surface area contributed by atoms with Crippen LogP contribution >= 0.6 is 0 Å². The van der Waals surface area contributed by atoms with Crippen LogP contribution in [0.1, 0.15) is 67.7 Å². The number of piperidine rings is 3. The molecule has 1 N–H and O–H groups in total. The largest absolute Gasteiger partial charge is 0.489 e. The van der Waals surface area contributed by atoms with Crippen molar-refractivity contribution in [3.8, 4) is 11.5 Å². The molecule has 1 aliphatic carbocycles. The van der Waals surface area contributed by atoms with Crippen LogP contribution < -0.4 is 14.8 Å². The van der Waals surface area contributed by atoms with E-state index in [2.05, 4.69) is 10.2 Å². The Morgan fingerprint density at radius 3 is 2.26 bits per heavy atom. The number of nitrogens with zero attached hydrogens (tertiary/aromatic N) is 1. The molecule has 42 heavy (non-hydrogen) atoms. The maximum absolute atomic E-state index is 13.1. The Morgan fingerprint density at radius 1 is 0.810 bits per heavy atom. The summed E-state index contributed by atoms with van der Waals surface area (Å²) in [7, 11) is 0. The summed E-state index contributed by atoms with van der Waals surface area (Å²) in [5, 5.41) is 3.13. The molecule has 0 aromatic heterocycles. The van der Waals surface area contributed by atoms with E-state index in [0.29, 0.717) is 24.0 Å². The third-order valence-electron chi connectivity index (χ3n) is 8.93. The Labute approximate surface area is 248 Å². The van der Waals surface area contributed by atoms with E-state index >= 15 is 0 Å². The number of hydrogen-bond acceptors (Lipinski definition) is 6.